The van der Waals surface area contributed by atoms with E-state index < -0.39 is 0 Å². The molecule has 0 aliphatic heterocycles. The average molecular weight is 227 g/mol. The Morgan fingerprint density at radius 1 is 0.882 bits per heavy atom. The molecule has 0 saturated carbocycles. The first kappa shape index (κ1) is 11.5. The quantitative estimate of drug-likeness (QED) is 0.844. The zero-order chi connectivity index (χ0) is 12.1. The molecule has 0 aromatic heterocycles. The Morgan fingerprint density at radius 3 is 1.94 bits per heavy atom. The topological polar surface area (TPSA) is 21.3 Å². The predicted octanol–water partition coefficient (Wildman–Crippen LogP) is 4.22. The first-order valence-corrected chi connectivity index (χ1v) is 5.86. The van der Waals surface area contributed by atoms with Crippen LogP contribution in [0.15, 0.2) is 48.5 Å². The second-order valence-electron chi connectivity index (χ2n) is 3.97. The minimum absolute atomic E-state index is 0.857. The van der Waals surface area contributed by atoms with E-state index in [-0.39, 0.29) is 0 Å². The molecule has 2 heteroatoms. The van der Waals surface area contributed by atoms with Crippen LogP contribution in [0.4, 0.5) is 5.69 Å². The van der Waals surface area contributed by atoms with Crippen LogP contribution in [-0.4, -0.2) is 6.54 Å². The molecule has 0 spiro atoms. The molecule has 0 aliphatic carbocycles. The lowest BCUT2D eigenvalue weighted by molar-refractivity contribution is 0.482. The molecular weight excluding hydrogens is 210 g/mol. The lowest BCUT2D eigenvalue weighted by Gasteiger charge is -2.07. The van der Waals surface area contributed by atoms with Crippen LogP contribution in [-0.2, 0) is 0 Å². The summed E-state index contributed by atoms with van der Waals surface area (Å²) in [4.78, 5) is 0. The van der Waals surface area contributed by atoms with E-state index in [1.807, 2.05) is 48.5 Å². The van der Waals surface area contributed by atoms with Gasteiger partial charge in [0.1, 0.15) is 11.5 Å². The normalized spacial score (nSPS) is 10.0. The number of hydrogen-bond acceptors (Lipinski definition) is 2. The van der Waals surface area contributed by atoms with Crippen molar-refractivity contribution in [3.63, 3.8) is 0 Å². The van der Waals surface area contributed by atoms with Crippen LogP contribution in [0.2, 0.25) is 0 Å². The molecule has 88 valence electrons. The predicted molar refractivity (Wildman–Crippen MR) is 71.9 cm³/mol. The van der Waals surface area contributed by atoms with Crippen molar-refractivity contribution in [3.05, 3.63) is 54.1 Å². The average Bonchev–Trinajstić information content (AvgIpc) is 2.35. The molecule has 0 fully saturated rings. The second kappa shape index (κ2) is 5.39. The first-order valence-electron chi connectivity index (χ1n) is 5.86. The Bertz CT molecular complexity index is 459. The third kappa shape index (κ3) is 3.25. The van der Waals surface area contributed by atoms with Crippen molar-refractivity contribution in [1.82, 2.24) is 0 Å². The van der Waals surface area contributed by atoms with E-state index in [4.69, 9.17) is 4.74 Å². The van der Waals surface area contributed by atoms with Crippen LogP contribution < -0.4 is 10.1 Å². The molecule has 0 radical (unpaired) electrons. The van der Waals surface area contributed by atoms with Gasteiger partial charge < -0.3 is 10.1 Å². The van der Waals surface area contributed by atoms with Crippen molar-refractivity contribution in [2.75, 3.05) is 11.9 Å². The van der Waals surface area contributed by atoms with E-state index in [1.165, 1.54) is 5.56 Å². The SMILES string of the molecule is CCNc1ccc(Oc2ccc(C)cc2)cc1. The van der Waals surface area contributed by atoms with Gasteiger partial charge in [-0.3, -0.25) is 0 Å². The highest BCUT2D eigenvalue weighted by molar-refractivity contribution is 5.47. The van der Waals surface area contributed by atoms with Gasteiger partial charge in [0.05, 0.1) is 0 Å². The summed E-state index contributed by atoms with van der Waals surface area (Å²) in [6.45, 7) is 5.07. The molecule has 0 heterocycles. The molecule has 0 unspecified atom stereocenters. The molecule has 0 atom stereocenters. The third-order valence-electron chi connectivity index (χ3n) is 2.49. The van der Waals surface area contributed by atoms with Crippen LogP contribution in [0.25, 0.3) is 0 Å². The number of anilines is 1. The maximum absolute atomic E-state index is 5.74. The van der Waals surface area contributed by atoms with Crippen LogP contribution in [0.3, 0.4) is 0 Å². The van der Waals surface area contributed by atoms with Gasteiger partial charge in [-0.2, -0.15) is 0 Å². The van der Waals surface area contributed by atoms with Gasteiger partial charge in [-0.05, 0) is 50.2 Å². The second-order valence-corrected chi connectivity index (χ2v) is 3.97. The third-order valence-corrected chi connectivity index (χ3v) is 2.49. The standard InChI is InChI=1S/C15H17NO/c1-3-16-13-6-10-15(11-7-13)17-14-8-4-12(2)5-9-14/h4-11,16H,3H2,1-2H3. The van der Waals surface area contributed by atoms with Crippen molar-refractivity contribution < 1.29 is 4.74 Å². The maximum Gasteiger partial charge on any atom is 0.127 e. The Kier molecular flexibility index (Phi) is 3.66. The van der Waals surface area contributed by atoms with E-state index in [9.17, 15) is 0 Å². The van der Waals surface area contributed by atoms with Crippen molar-refractivity contribution in [3.8, 4) is 11.5 Å². The van der Waals surface area contributed by atoms with Gasteiger partial charge in [-0.1, -0.05) is 17.7 Å². The Balaban J connectivity index is 2.05. The van der Waals surface area contributed by atoms with E-state index in [0.29, 0.717) is 0 Å². The number of rotatable bonds is 4. The Hall–Kier alpha value is -1.96. The minimum atomic E-state index is 0.857. The van der Waals surface area contributed by atoms with Gasteiger partial charge in [0.2, 0.25) is 0 Å². The number of nitrogens with one attached hydrogen (secondary N) is 1. The van der Waals surface area contributed by atoms with Crippen LogP contribution in [0.1, 0.15) is 12.5 Å². The highest BCUT2D eigenvalue weighted by atomic mass is 16.5. The van der Waals surface area contributed by atoms with Gasteiger partial charge in [-0.25, -0.2) is 0 Å². The van der Waals surface area contributed by atoms with E-state index in [2.05, 4.69) is 19.2 Å². The Morgan fingerprint density at radius 2 is 1.41 bits per heavy atom. The fraction of sp³-hybridized carbons (Fsp3) is 0.200. The summed E-state index contributed by atoms with van der Waals surface area (Å²) >= 11 is 0. The fourth-order valence-corrected chi connectivity index (χ4v) is 1.59. The monoisotopic (exact) mass is 227 g/mol. The fourth-order valence-electron chi connectivity index (χ4n) is 1.59. The van der Waals surface area contributed by atoms with E-state index >= 15 is 0 Å². The summed E-state index contributed by atoms with van der Waals surface area (Å²) in [7, 11) is 0. The van der Waals surface area contributed by atoms with Crippen LogP contribution in [0, 0.1) is 6.92 Å². The molecule has 0 saturated heterocycles. The summed E-state index contributed by atoms with van der Waals surface area (Å²) in [5, 5.41) is 3.25. The molecule has 0 amide bonds. The molecular formula is C15H17NO. The number of benzene rings is 2. The van der Waals surface area contributed by atoms with Crippen molar-refractivity contribution >= 4 is 5.69 Å². The lowest BCUT2D eigenvalue weighted by atomic mass is 10.2. The van der Waals surface area contributed by atoms with E-state index in [1.54, 1.807) is 0 Å². The zero-order valence-electron chi connectivity index (χ0n) is 10.2. The zero-order valence-corrected chi connectivity index (χ0v) is 10.2. The van der Waals surface area contributed by atoms with Gasteiger partial charge >= 0.3 is 0 Å². The van der Waals surface area contributed by atoms with Crippen LogP contribution in [0.5, 0.6) is 11.5 Å². The van der Waals surface area contributed by atoms with E-state index in [0.717, 1.165) is 23.7 Å². The first-order chi connectivity index (χ1) is 8.28. The van der Waals surface area contributed by atoms with Gasteiger partial charge in [0.25, 0.3) is 0 Å². The van der Waals surface area contributed by atoms with Gasteiger partial charge in [0.15, 0.2) is 0 Å². The minimum Gasteiger partial charge on any atom is -0.457 e. The Labute approximate surface area is 102 Å². The summed E-state index contributed by atoms with van der Waals surface area (Å²) < 4.78 is 5.74. The lowest BCUT2D eigenvalue weighted by Crippen LogP contribution is -1.95. The summed E-state index contributed by atoms with van der Waals surface area (Å²) in [5.74, 6) is 1.72. The van der Waals surface area contributed by atoms with Crippen LogP contribution >= 0.6 is 0 Å². The van der Waals surface area contributed by atoms with Gasteiger partial charge in [-0.15, -0.1) is 0 Å². The highest BCUT2D eigenvalue weighted by Crippen LogP contribution is 2.23. The summed E-state index contributed by atoms with van der Waals surface area (Å²) in [6.07, 6.45) is 0. The number of aryl methyl sites for hydroxylation is 1. The van der Waals surface area contributed by atoms with Crippen molar-refractivity contribution in [1.29, 1.82) is 0 Å². The molecule has 0 aliphatic rings. The molecule has 2 aromatic carbocycles. The largest absolute Gasteiger partial charge is 0.457 e. The van der Waals surface area contributed by atoms with Crippen molar-refractivity contribution in [2.24, 2.45) is 0 Å². The van der Waals surface area contributed by atoms with Crippen molar-refractivity contribution in [2.45, 2.75) is 13.8 Å². The molecule has 2 rings (SSSR count). The maximum atomic E-state index is 5.74. The molecule has 1 N–H and O–H groups in total. The highest BCUT2D eigenvalue weighted by Gasteiger charge is 1.97. The molecule has 2 nitrogen and oxygen atoms in total. The smallest absolute Gasteiger partial charge is 0.127 e. The number of ether oxygens (including phenoxy) is 1. The summed E-state index contributed by atoms with van der Waals surface area (Å²) in [6, 6.07) is 16.0. The molecule has 0 bridgehead atoms. The molecule has 2 aromatic rings. The molecule has 17 heavy (non-hydrogen) atoms. The summed E-state index contributed by atoms with van der Waals surface area (Å²) in [5.41, 5.74) is 2.35. The van der Waals surface area contributed by atoms with Gasteiger partial charge in [0, 0.05) is 12.2 Å². The number of hydrogen-bond donors (Lipinski definition) is 1.